The van der Waals surface area contributed by atoms with E-state index in [9.17, 15) is 14.9 Å². The summed E-state index contributed by atoms with van der Waals surface area (Å²) in [4.78, 5) is 22.9. The van der Waals surface area contributed by atoms with Crippen LogP contribution in [0.25, 0.3) is 5.69 Å². The van der Waals surface area contributed by atoms with Crippen LogP contribution in [0, 0.1) is 17.0 Å². The maximum Gasteiger partial charge on any atom is 0.272 e. The Balaban J connectivity index is 1.78. The van der Waals surface area contributed by atoms with E-state index in [0.29, 0.717) is 17.1 Å². The number of benzene rings is 2. The molecule has 1 heterocycles. The van der Waals surface area contributed by atoms with Crippen LogP contribution in [0.1, 0.15) is 11.1 Å². The van der Waals surface area contributed by atoms with Gasteiger partial charge in [0.25, 0.3) is 5.69 Å². The Morgan fingerprint density at radius 3 is 2.68 bits per heavy atom. The molecule has 0 fully saturated rings. The van der Waals surface area contributed by atoms with Crippen molar-refractivity contribution >= 4 is 17.5 Å². The van der Waals surface area contributed by atoms with Gasteiger partial charge in [-0.3, -0.25) is 24.8 Å². The highest BCUT2D eigenvalue weighted by Gasteiger charge is 2.16. The topological polar surface area (TPSA) is 103 Å². The number of para-hydroxylation sites is 1. The summed E-state index contributed by atoms with van der Waals surface area (Å²) in [6.45, 7) is 1.63. The van der Waals surface area contributed by atoms with Crippen LogP contribution in [0.2, 0.25) is 0 Å². The van der Waals surface area contributed by atoms with Crippen molar-refractivity contribution < 1.29 is 9.72 Å². The molecule has 8 nitrogen and oxygen atoms in total. The maximum absolute atomic E-state index is 12.3. The molecule has 3 aromatic rings. The molecule has 126 valence electrons. The lowest BCUT2D eigenvalue weighted by molar-refractivity contribution is -0.385. The van der Waals surface area contributed by atoms with Gasteiger partial charge in [0.15, 0.2) is 0 Å². The van der Waals surface area contributed by atoms with E-state index in [1.807, 2.05) is 30.3 Å². The number of nitro groups is 1. The number of nitro benzene ring substituents is 1. The van der Waals surface area contributed by atoms with Crippen molar-refractivity contribution in [2.45, 2.75) is 13.3 Å². The molecule has 0 saturated carbocycles. The number of aromatic nitrogens is 3. The summed E-state index contributed by atoms with van der Waals surface area (Å²) in [7, 11) is 0. The smallest absolute Gasteiger partial charge is 0.272 e. The normalized spacial score (nSPS) is 10.4. The highest BCUT2D eigenvalue weighted by atomic mass is 16.6. The lowest BCUT2D eigenvalue weighted by atomic mass is 10.0. The molecule has 0 unspecified atom stereocenters. The minimum atomic E-state index is -0.456. The van der Waals surface area contributed by atoms with E-state index >= 15 is 0 Å². The van der Waals surface area contributed by atoms with Crippen molar-refractivity contribution in [3.8, 4) is 5.69 Å². The first-order valence-electron chi connectivity index (χ1n) is 7.54. The highest BCUT2D eigenvalue weighted by Crippen LogP contribution is 2.22. The first kappa shape index (κ1) is 16.3. The van der Waals surface area contributed by atoms with E-state index in [-0.39, 0.29) is 18.0 Å². The number of nitrogens with one attached hydrogen (secondary N) is 1. The van der Waals surface area contributed by atoms with Gasteiger partial charge >= 0.3 is 0 Å². The lowest BCUT2D eigenvalue weighted by Gasteiger charge is -2.09. The molecule has 25 heavy (non-hydrogen) atoms. The molecule has 0 radical (unpaired) electrons. The first-order valence-corrected chi connectivity index (χ1v) is 7.54. The number of carbonyl (C=O) groups is 1. The minimum Gasteiger partial charge on any atom is -0.294 e. The van der Waals surface area contributed by atoms with Gasteiger partial charge < -0.3 is 0 Å². The van der Waals surface area contributed by atoms with Gasteiger partial charge in [-0.25, -0.2) is 0 Å². The zero-order valence-corrected chi connectivity index (χ0v) is 13.4. The molecule has 8 heteroatoms. The Morgan fingerprint density at radius 1 is 1.20 bits per heavy atom. The Morgan fingerprint density at radius 2 is 1.96 bits per heavy atom. The molecule has 0 bridgehead atoms. The van der Waals surface area contributed by atoms with E-state index in [2.05, 4.69) is 15.5 Å². The van der Waals surface area contributed by atoms with E-state index < -0.39 is 4.92 Å². The highest BCUT2D eigenvalue weighted by molar-refractivity contribution is 5.91. The molecular formula is C17H15N5O3. The van der Waals surface area contributed by atoms with Gasteiger partial charge in [-0.15, -0.1) is 10.2 Å². The monoisotopic (exact) mass is 337 g/mol. The predicted molar refractivity (Wildman–Crippen MR) is 91.5 cm³/mol. The summed E-state index contributed by atoms with van der Waals surface area (Å²) in [6, 6.07) is 14.0. The van der Waals surface area contributed by atoms with Crippen LogP contribution in [0.3, 0.4) is 0 Å². The Labute approximate surface area is 143 Å². The molecule has 1 aromatic heterocycles. The molecule has 2 aromatic carbocycles. The molecule has 0 atom stereocenters. The fraction of sp³-hybridized carbons (Fsp3) is 0.118. The SMILES string of the molecule is Cc1c(CC(=O)Nc2nncn2-c2ccccc2)cccc1[N+](=O)[O-]. The van der Waals surface area contributed by atoms with E-state index in [1.54, 1.807) is 23.6 Å². The first-order chi connectivity index (χ1) is 12.1. The summed E-state index contributed by atoms with van der Waals surface area (Å²) in [5.41, 5.74) is 1.89. The average molecular weight is 337 g/mol. The van der Waals surface area contributed by atoms with E-state index in [4.69, 9.17) is 0 Å². The fourth-order valence-electron chi connectivity index (χ4n) is 2.50. The summed E-state index contributed by atoms with van der Waals surface area (Å²) < 4.78 is 1.65. The van der Waals surface area contributed by atoms with E-state index in [0.717, 1.165) is 5.69 Å². The molecule has 0 aliphatic carbocycles. The molecule has 1 N–H and O–H groups in total. The molecule has 0 aliphatic rings. The quantitative estimate of drug-likeness (QED) is 0.569. The second-order valence-corrected chi connectivity index (χ2v) is 5.40. The van der Waals surface area contributed by atoms with E-state index in [1.165, 1.54) is 12.4 Å². The van der Waals surface area contributed by atoms with Gasteiger partial charge in [-0.05, 0) is 24.6 Å². The van der Waals surface area contributed by atoms with Gasteiger partial charge in [0.05, 0.1) is 17.0 Å². The second-order valence-electron chi connectivity index (χ2n) is 5.40. The lowest BCUT2D eigenvalue weighted by Crippen LogP contribution is -2.18. The third-order valence-electron chi connectivity index (χ3n) is 3.80. The van der Waals surface area contributed by atoms with Crippen LogP contribution >= 0.6 is 0 Å². The second kappa shape index (κ2) is 6.91. The molecular weight excluding hydrogens is 322 g/mol. The third-order valence-corrected chi connectivity index (χ3v) is 3.80. The van der Waals surface area contributed by atoms with Crippen LogP contribution in [-0.2, 0) is 11.2 Å². The molecule has 0 saturated heterocycles. The largest absolute Gasteiger partial charge is 0.294 e. The summed E-state index contributed by atoms with van der Waals surface area (Å²) in [6.07, 6.45) is 1.51. The van der Waals surface area contributed by atoms with Crippen molar-refractivity contribution in [1.29, 1.82) is 0 Å². The number of nitrogens with zero attached hydrogens (tertiary/aromatic N) is 4. The van der Waals surface area contributed by atoms with Gasteiger partial charge in [-0.2, -0.15) is 0 Å². The summed E-state index contributed by atoms with van der Waals surface area (Å²) in [5, 5.41) is 21.4. The number of rotatable bonds is 5. The number of hydrogen-bond donors (Lipinski definition) is 1. The van der Waals surface area contributed by atoms with Crippen molar-refractivity contribution in [3.63, 3.8) is 0 Å². The average Bonchev–Trinajstić information content (AvgIpc) is 3.05. The molecule has 0 aliphatic heterocycles. The van der Waals surface area contributed by atoms with Crippen LogP contribution < -0.4 is 5.32 Å². The zero-order valence-electron chi connectivity index (χ0n) is 13.4. The van der Waals surface area contributed by atoms with Crippen molar-refractivity contribution in [3.05, 3.63) is 76.1 Å². The van der Waals surface area contributed by atoms with Gasteiger partial charge in [0.1, 0.15) is 6.33 Å². The summed E-state index contributed by atoms with van der Waals surface area (Å²) >= 11 is 0. The van der Waals surface area contributed by atoms with Crippen molar-refractivity contribution in [1.82, 2.24) is 14.8 Å². The van der Waals surface area contributed by atoms with Gasteiger partial charge in [-0.1, -0.05) is 30.3 Å². The van der Waals surface area contributed by atoms with Crippen LogP contribution in [0.15, 0.2) is 54.9 Å². The number of anilines is 1. The summed E-state index contributed by atoms with van der Waals surface area (Å²) in [5.74, 6) is -0.0342. The Hall–Kier alpha value is -3.55. The van der Waals surface area contributed by atoms with Crippen LogP contribution in [0.5, 0.6) is 0 Å². The third kappa shape index (κ3) is 3.52. The Kier molecular flexibility index (Phi) is 4.51. The zero-order chi connectivity index (χ0) is 17.8. The van der Waals surface area contributed by atoms with Crippen LogP contribution in [-0.4, -0.2) is 25.6 Å². The van der Waals surface area contributed by atoms with Crippen LogP contribution in [0.4, 0.5) is 11.6 Å². The Bertz CT molecular complexity index is 921. The number of hydrogen-bond acceptors (Lipinski definition) is 5. The van der Waals surface area contributed by atoms with Crippen molar-refractivity contribution in [2.24, 2.45) is 0 Å². The van der Waals surface area contributed by atoms with Crippen molar-refractivity contribution in [2.75, 3.05) is 5.32 Å². The minimum absolute atomic E-state index is 0.00208. The van der Waals surface area contributed by atoms with Gasteiger partial charge in [0, 0.05) is 11.6 Å². The number of carbonyl (C=O) groups excluding carboxylic acids is 1. The molecule has 1 amide bonds. The molecule has 3 rings (SSSR count). The standard InChI is InChI=1S/C17H15N5O3/c1-12-13(6-5-9-15(12)22(24)25)10-16(23)19-17-20-18-11-21(17)14-7-3-2-4-8-14/h2-9,11H,10H2,1H3,(H,19,20,23). The number of amides is 1. The predicted octanol–water partition coefficient (Wildman–Crippen LogP) is 2.67. The maximum atomic E-state index is 12.3. The van der Waals surface area contributed by atoms with Gasteiger partial charge in [0.2, 0.25) is 11.9 Å². The molecule has 0 spiro atoms. The fourth-order valence-corrected chi connectivity index (χ4v) is 2.50.